The van der Waals surface area contributed by atoms with Crippen molar-refractivity contribution in [1.29, 1.82) is 0 Å². The summed E-state index contributed by atoms with van der Waals surface area (Å²) in [7, 11) is 0. The van der Waals surface area contributed by atoms with Gasteiger partial charge in [-0.15, -0.1) is 0 Å². The second kappa shape index (κ2) is 18.6. The van der Waals surface area contributed by atoms with Crippen LogP contribution in [0.15, 0.2) is 243 Å². The van der Waals surface area contributed by atoms with E-state index in [4.69, 9.17) is 9.47 Å². The molecule has 3 nitrogen and oxygen atoms in total. The molecule has 9 aromatic carbocycles. The molecule has 66 heavy (non-hydrogen) atoms. The van der Waals surface area contributed by atoms with E-state index in [1.54, 1.807) is 0 Å². The second-order valence-electron chi connectivity index (χ2n) is 16.4. The minimum absolute atomic E-state index is 0.0481. The maximum Gasteiger partial charge on any atom is 0.193 e. The molecule has 0 fully saturated rings. The zero-order valence-corrected chi connectivity index (χ0v) is 36.2. The molecule has 0 spiro atoms. The van der Waals surface area contributed by atoms with E-state index in [1.807, 2.05) is 97.1 Å². The summed E-state index contributed by atoms with van der Waals surface area (Å²) in [4.78, 5) is 13.7. The lowest BCUT2D eigenvalue weighted by molar-refractivity contribution is 0.103. The molecule has 4 aliphatic rings. The van der Waals surface area contributed by atoms with Gasteiger partial charge in [0.15, 0.2) is 5.78 Å². The Morgan fingerprint density at radius 2 is 0.652 bits per heavy atom. The van der Waals surface area contributed by atoms with Gasteiger partial charge in [0.05, 0.1) is 0 Å². The van der Waals surface area contributed by atoms with E-state index in [9.17, 15) is 4.79 Å². The van der Waals surface area contributed by atoms with Crippen molar-refractivity contribution in [1.82, 2.24) is 0 Å². The van der Waals surface area contributed by atoms with E-state index >= 15 is 0 Å². The van der Waals surface area contributed by atoms with Gasteiger partial charge in [0.1, 0.15) is 35.5 Å². The predicted molar refractivity (Wildman–Crippen MR) is 264 cm³/mol. The van der Waals surface area contributed by atoms with E-state index in [0.717, 1.165) is 67.1 Å². The first kappa shape index (κ1) is 41.4. The van der Waals surface area contributed by atoms with Crippen molar-refractivity contribution < 1.29 is 14.3 Å². The first-order valence-corrected chi connectivity index (χ1v) is 22.1. The van der Waals surface area contributed by atoms with E-state index in [1.165, 1.54) is 0 Å². The number of benzene rings is 9. The van der Waals surface area contributed by atoms with Crippen LogP contribution < -0.4 is 9.47 Å². The number of ketones is 1. The summed E-state index contributed by atoms with van der Waals surface area (Å²) in [5.74, 6) is 16.2. The lowest BCUT2D eigenvalue weighted by atomic mass is 9.69. The Morgan fingerprint density at radius 1 is 0.333 bits per heavy atom. The van der Waals surface area contributed by atoms with E-state index in [-0.39, 0.29) is 5.78 Å². The van der Waals surface area contributed by atoms with Crippen molar-refractivity contribution in [2.75, 3.05) is 0 Å². The molecule has 10 bridgehead atoms. The molecule has 0 unspecified atom stereocenters. The summed E-state index contributed by atoms with van der Waals surface area (Å²) in [5.41, 5.74) is 9.31. The van der Waals surface area contributed by atoms with Gasteiger partial charge in [0, 0.05) is 22.3 Å². The highest BCUT2D eigenvalue weighted by atomic mass is 16.5. The first-order valence-electron chi connectivity index (χ1n) is 22.1. The SMILES string of the molecule is O=C1c2ccc(cc2)COc2cccc(c2)C(c2ccccc2)(c2ccccc2)C#Cc2ccc(cc2)C#CC(c2ccccc2)(c2ccccc2)c2cccc(c2)OCc2ccc1cc2. The average Bonchev–Trinajstić information content (AvgIpc) is 3.39. The lowest BCUT2D eigenvalue weighted by Gasteiger charge is -2.31. The van der Waals surface area contributed by atoms with Crippen LogP contribution in [0.1, 0.15) is 71.6 Å². The van der Waals surface area contributed by atoms with Gasteiger partial charge < -0.3 is 9.47 Å². The molecule has 9 aromatic rings. The molecule has 0 radical (unpaired) electrons. The zero-order valence-electron chi connectivity index (χ0n) is 36.2. The van der Waals surface area contributed by atoms with Crippen LogP contribution in [-0.2, 0) is 24.0 Å². The van der Waals surface area contributed by atoms with Crippen LogP contribution in [0.25, 0.3) is 0 Å². The number of carbonyl (C=O) groups is 1. The minimum Gasteiger partial charge on any atom is -0.489 e. The summed E-state index contributed by atoms with van der Waals surface area (Å²) >= 11 is 0. The van der Waals surface area contributed by atoms with Crippen LogP contribution in [-0.4, -0.2) is 5.78 Å². The highest BCUT2D eigenvalue weighted by Gasteiger charge is 2.36. The Balaban J connectivity index is 1.13. The van der Waals surface area contributed by atoms with Gasteiger partial charge in [-0.3, -0.25) is 4.79 Å². The molecule has 0 N–H and O–H groups in total. The molecule has 4 aliphatic heterocycles. The van der Waals surface area contributed by atoms with Crippen LogP contribution in [0.2, 0.25) is 0 Å². The van der Waals surface area contributed by atoms with Gasteiger partial charge in [-0.1, -0.05) is 218 Å². The van der Waals surface area contributed by atoms with E-state index in [2.05, 4.69) is 169 Å². The van der Waals surface area contributed by atoms with Crippen molar-refractivity contribution >= 4 is 5.78 Å². The number of fused-ring (bicyclic) bond motifs is 3. The number of hydrogen-bond acceptors (Lipinski definition) is 3. The minimum atomic E-state index is -0.842. The Labute approximate surface area is 387 Å². The molecule has 0 atom stereocenters. The highest BCUT2D eigenvalue weighted by Crippen LogP contribution is 2.42. The fraction of sp³-hybridized carbons (Fsp3) is 0.0635. The molecule has 0 aromatic heterocycles. The average molecular weight is 849 g/mol. The molecular weight excluding hydrogens is 805 g/mol. The monoisotopic (exact) mass is 848 g/mol. The molecule has 0 amide bonds. The van der Waals surface area contributed by atoms with Crippen LogP contribution in [0.5, 0.6) is 11.5 Å². The normalized spacial score (nSPS) is 13.8. The third-order valence-electron chi connectivity index (χ3n) is 12.3. The number of rotatable bonds is 4. The molecule has 0 saturated heterocycles. The zero-order chi connectivity index (χ0) is 44.6. The standard InChI is InChI=1S/C63H44O3/c64-61-51-35-31-49(32-36-51)45-65-59-25-13-23-57(43-59)62(53-15-5-1-6-16-53,54-17-7-2-8-18-54)41-39-47-27-29-48(30-28-47)40-42-63(55-19-9-3-10-20-55,56-21-11-4-12-22-56)58-24-14-26-60(44-58)66-46-50-33-37-52(61)38-34-50/h1-38,43-44H,45-46H2. The predicted octanol–water partition coefficient (Wildman–Crippen LogP) is 13.2. The van der Waals surface area contributed by atoms with Gasteiger partial charge >= 0.3 is 0 Å². The molecule has 4 heterocycles. The third-order valence-corrected chi connectivity index (χ3v) is 12.3. The van der Waals surface area contributed by atoms with Gasteiger partial charge in [-0.2, -0.15) is 0 Å². The van der Waals surface area contributed by atoms with Gasteiger partial charge in [0.2, 0.25) is 0 Å². The van der Waals surface area contributed by atoms with E-state index < -0.39 is 10.8 Å². The van der Waals surface area contributed by atoms with Crippen LogP contribution >= 0.6 is 0 Å². The Kier molecular flexibility index (Phi) is 11.7. The summed E-state index contributed by atoms with van der Waals surface area (Å²) < 4.78 is 12.9. The van der Waals surface area contributed by atoms with Gasteiger partial charge in [-0.25, -0.2) is 0 Å². The smallest absolute Gasteiger partial charge is 0.193 e. The molecular formula is C63H44O3. The molecule has 0 aliphatic carbocycles. The summed E-state index contributed by atoms with van der Waals surface area (Å²) in [5, 5.41) is 0. The van der Waals surface area contributed by atoms with Crippen LogP contribution in [0, 0.1) is 23.7 Å². The van der Waals surface area contributed by atoms with Crippen molar-refractivity contribution in [2.45, 2.75) is 24.0 Å². The summed E-state index contributed by atoms with van der Waals surface area (Å²) in [6.45, 7) is 0.663. The van der Waals surface area contributed by atoms with Crippen molar-refractivity contribution in [3.63, 3.8) is 0 Å². The van der Waals surface area contributed by atoms with Crippen molar-refractivity contribution in [3.8, 4) is 35.2 Å². The molecule has 314 valence electrons. The second-order valence-corrected chi connectivity index (χ2v) is 16.4. The maximum absolute atomic E-state index is 13.7. The quantitative estimate of drug-likeness (QED) is 0.166. The lowest BCUT2D eigenvalue weighted by Crippen LogP contribution is -2.27. The Hall–Kier alpha value is -8.63. The largest absolute Gasteiger partial charge is 0.489 e. The number of carbonyl (C=O) groups excluding carboxylic acids is 1. The molecule has 3 heteroatoms. The molecule has 0 saturated carbocycles. The molecule has 13 rings (SSSR count). The van der Waals surface area contributed by atoms with Crippen molar-refractivity contribution in [3.05, 3.63) is 309 Å². The highest BCUT2D eigenvalue weighted by molar-refractivity contribution is 6.09. The number of hydrogen-bond donors (Lipinski definition) is 0. The van der Waals surface area contributed by atoms with E-state index in [0.29, 0.717) is 24.3 Å². The van der Waals surface area contributed by atoms with Gasteiger partial charge in [0.25, 0.3) is 0 Å². The summed E-state index contributed by atoms with van der Waals surface area (Å²) in [6.07, 6.45) is 0. The fourth-order valence-corrected chi connectivity index (χ4v) is 8.80. The third kappa shape index (κ3) is 8.43. The summed E-state index contributed by atoms with van der Waals surface area (Å²) in [6, 6.07) is 81.7. The Morgan fingerprint density at radius 3 is 0.985 bits per heavy atom. The fourth-order valence-electron chi connectivity index (χ4n) is 8.80. The number of ether oxygens (including phenoxy) is 2. The first-order chi connectivity index (χ1) is 32.6. The van der Waals surface area contributed by atoms with Crippen molar-refractivity contribution in [2.24, 2.45) is 0 Å². The maximum atomic E-state index is 13.7. The van der Waals surface area contributed by atoms with Crippen LogP contribution in [0.3, 0.4) is 0 Å². The topological polar surface area (TPSA) is 35.5 Å². The van der Waals surface area contributed by atoms with Crippen LogP contribution in [0.4, 0.5) is 0 Å². The van der Waals surface area contributed by atoms with Gasteiger partial charge in [-0.05, 0) is 93.0 Å². The Bertz CT molecular complexity index is 2930.